The summed E-state index contributed by atoms with van der Waals surface area (Å²) in [5.74, 6) is 1.75. The van der Waals surface area contributed by atoms with Gasteiger partial charge in [-0.25, -0.2) is 0 Å². The van der Waals surface area contributed by atoms with Crippen LogP contribution >= 0.6 is 0 Å². The summed E-state index contributed by atoms with van der Waals surface area (Å²) in [6, 6.07) is 13.1. The minimum Gasteiger partial charge on any atom is -0.497 e. The van der Waals surface area contributed by atoms with Crippen molar-refractivity contribution in [1.82, 2.24) is 4.98 Å². The molecule has 0 saturated carbocycles. The zero-order valence-electron chi connectivity index (χ0n) is 22.5. The summed E-state index contributed by atoms with van der Waals surface area (Å²) in [6.45, 7) is 8.12. The maximum Gasteiger partial charge on any atom is 0.166 e. The van der Waals surface area contributed by atoms with E-state index in [2.05, 4.69) is 4.98 Å². The molecule has 0 aliphatic carbocycles. The number of para-hydroxylation sites is 1. The third-order valence-electron chi connectivity index (χ3n) is 5.89. The highest BCUT2D eigenvalue weighted by Crippen LogP contribution is 2.33. The zero-order valence-corrected chi connectivity index (χ0v) is 22.5. The van der Waals surface area contributed by atoms with E-state index in [0.29, 0.717) is 42.1 Å². The van der Waals surface area contributed by atoms with Crippen LogP contribution in [-0.2, 0) is 16.2 Å². The van der Waals surface area contributed by atoms with Crippen molar-refractivity contribution >= 4 is 28.5 Å². The van der Waals surface area contributed by atoms with E-state index < -0.39 is 0 Å². The van der Waals surface area contributed by atoms with Crippen molar-refractivity contribution in [2.45, 2.75) is 72.5 Å². The summed E-state index contributed by atoms with van der Waals surface area (Å²) in [6.07, 6.45) is 6.44. The van der Waals surface area contributed by atoms with Gasteiger partial charge < -0.3 is 14.2 Å². The van der Waals surface area contributed by atoms with Gasteiger partial charge in [-0.3, -0.25) is 14.6 Å². The minimum atomic E-state index is -0.126. The maximum atomic E-state index is 12.9. The monoisotopic (exact) mass is 503 g/mol. The lowest BCUT2D eigenvalue weighted by molar-refractivity contribution is -0.121. The molecule has 0 amide bonds. The summed E-state index contributed by atoms with van der Waals surface area (Å²) in [7, 11) is 1.63. The Kier molecular flexibility index (Phi) is 10.2. The fourth-order valence-corrected chi connectivity index (χ4v) is 3.99. The van der Waals surface area contributed by atoms with E-state index >= 15 is 0 Å². The number of Topliss-reactive ketones (excluding diaryl/α,β-unsaturated/α-hetero) is 2. The van der Waals surface area contributed by atoms with Crippen LogP contribution in [0, 0.1) is 0 Å². The molecule has 0 atom stereocenters. The quantitative estimate of drug-likeness (QED) is 0.132. The first-order valence-corrected chi connectivity index (χ1v) is 13.0. The number of rotatable bonds is 14. The van der Waals surface area contributed by atoms with Crippen LogP contribution in [0.4, 0.5) is 0 Å². The molecule has 0 aliphatic rings. The molecule has 0 radical (unpaired) electrons. The molecule has 6 heteroatoms. The van der Waals surface area contributed by atoms with E-state index in [1.165, 1.54) is 0 Å². The molecule has 37 heavy (non-hydrogen) atoms. The lowest BCUT2D eigenvalue weighted by Crippen LogP contribution is -2.13. The molecule has 0 bridgehead atoms. The second kappa shape index (κ2) is 13.6. The first-order chi connectivity index (χ1) is 17.9. The van der Waals surface area contributed by atoms with Gasteiger partial charge in [0, 0.05) is 30.0 Å². The van der Waals surface area contributed by atoms with Gasteiger partial charge in [0.15, 0.2) is 11.6 Å². The average Bonchev–Trinajstić information content (AvgIpc) is 2.90. The fourth-order valence-electron chi connectivity index (χ4n) is 3.99. The lowest BCUT2D eigenvalue weighted by Gasteiger charge is -2.18. The van der Waals surface area contributed by atoms with Gasteiger partial charge in [-0.1, -0.05) is 38.5 Å². The van der Waals surface area contributed by atoms with Crippen LogP contribution in [-0.4, -0.2) is 29.8 Å². The van der Waals surface area contributed by atoms with Gasteiger partial charge in [-0.05, 0) is 57.0 Å². The van der Waals surface area contributed by atoms with E-state index in [0.717, 1.165) is 29.3 Å². The average molecular weight is 504 g/mol. The van der Waals surface area contributed by atoms with Gasteiger partial charge in [-0.15, -0.1) is 0 Å². The molecular weight excluding hydrogens is 466 g/mol. The number of ether oxygens (including phenoxy) is 3. The minimum absolute atomic E-state index is 0.0490. The van der Waals surface area contributed by atoms with Gasteiger partial charge in [-0.2, -0.15) is 0 Å². The zero-order chi connectivity index (χ0) is 26.8. The number of aromatic nitrogens is 1. The van der Waals surface area contributed by atoms with Gasteiger partial charge in [0.25, 0.3) is 0 Å². The number of ketones is 2. The van der Waals surface area contributed by atoms with Crippen molar-refractivity contribution in [3.05, 3.63) is 65.4 Å². The topological polar surface area (TPSA) is 74.7 Å². The van der Waals surface area contributed by atoms with Crippen LogP contribution in [0.3, 0.4) is 0 Å². The molecule has 0 N–H and O–H groups in total. The van der Waals surface area contributed by atoms with Crippen molar-refractivity contribution < 1.29 is 23.8 Å². The first-order valence-electron chi connectivity index (χ1n) is 13.0. The number of pyridine rings is 1. The van der Waals surface area contributed by atoms with Crippen LogP contribution in [0.2, 0.25) is 0 Å². The number of hydrogen-bond acceptors (Lipinski definition) is 6. The standard InChI is InChI=1S/C31H37NO5/c1-6-8-13-29(34)26(28(33)11-7-2)17-22-12-9-10-14-30(22)36-20-23-19-32-27-16-15-24(35-5)18-25(27)31(23)37-21(3)4/h9-10,12,14-19,21H,6-8,11,13,20H2,1-5H3. The number of nitrogens with zero attached hydrogens (tertiary/aromatic N) is 1. The molecule has 0 unspecified atom stereocenters. The highest BCUT2D eigenvalue weighted by molar-refractivity contribution is 6.23. The number of benzene rings is 2. The highest BCUT2D eigenvalue weighted by Gasteiger charge is 2.19. The largest absolute Gasteiger partial charge is 0.497 e. The van der Waals surface area contributed by atoms with Gasteiger partial charge in [0.1, 0.15) is 23.9 Å². The molecule has 0 saturated heterocycles. The number of unbranched alkanes of at least 4 members (excludes halogenated alkanes) is 1. The van der Waals surface area contributed by atoms with Crippen LogP contribution in [0.25, 0.3) is 17.0 Å². The smallest absolute Gasteiger partial charge is 0.166 e. The third-order valence-corrected chi connectivity index (χ3v) is 5.89. The molecule has 1 heterocycles. The van der Waals surface area contributed by atoms with Gasteiger partial charge in [0.05, 0.1) is 29.9 Å². The molecule has 1 aromatic heterocycles. The second-order valence-electron chi connectivity index (χ2n) is 9.25. The normalized spacial score (nSPS) is 11.6. The first kappa shape index (κ1) is 27.9. The van der Waals surface area contributed by atoms with Crippen LogP contribution in [0.15, 0.2) is 54.2 Å². The van der Waals surface area contributed by atoms with Crippen LogP contribution < -0.4 is 14.2 Å². The molecule has 0 spiro atoms. The SMILES string of the molecule is CCCCC(=O)C(=Cc1ccccc1OCc1cnc2ccc(OC)cc2c1OC(C)C)C(=O)CCC. The van der Waals surface area contributed by atoms with Gasteiger partial charge in [0.2, 0.25) is 0 Å². The summed E-state index contributed by atoms with van der Waals surface area (Å²) < 4.78 is 17.8. The Bertz CT molecular complexity index is 1260. The Morgan fingerprint density at radius 2 is 1.76 bits per heavy atom. The third kappa shape index (κ3) is 7.42. The number of allylic oxidation sites excluding steroid dienone is 1. The van der Waals surface area contributed by atoms with Crippen molar-refractivity contribution in [3.8, 4) is 17.2 Å². The molecule has 3 rings (SSSR count). The lowest BCUT2D eigenvalue weighted by atomic mass is 9.96. The maximum absolute atomic E-state index is 12.9. The Balaban J connectivity index is 1.96. The highest BCUT2D eigenvalue weighted by atomic mass is 16.5. The Hall–Kier alpha value is -3.67. The number of carbonyl (C=O) groups excluding carboxylic acids is 2. The predicted molar refractivity (Wildman–Crippen MR) is 147 cm³/mol. The van der Waals surface area contributed by atoms with E-state index in [9.17, 15) is 9.59 Å². The van der Waals surface area contributed by atoms with Crippen molar-refractivity contribution in [2.75, 3.05) is 7.11 Å². The Morgan fingerprint density at radius 1 is 1.00 bits per heavy atom. The Labute approximate surface area is 219 Å². The molecule has 0 aliphatic heterocycles. The molecule has 2 aromatic carbocycles. The van der Waals surface area contributed by atoms with Crippen molar-refractivity contribution in [3.63, 3.8) is 0 Å². The number of methoxy groups -OCH3 is 1. The van der Waals surface area contributed by atoms with Crippen molar-refractivity contribution in [1.29, 1.82) is 0 Å². The van der Waals surface area contributed by atoms with Gasteiger partial charge >= 0.3 is 0 Å². The molecule has 6 nitrogen and oxygen atoms in total. The molecule has 0 fully saturated rings. The number of fused-ring (bicyclic) bond motifs is 1. The summed E-state index contributed by atoms with van der Waals surface area (Å²) in [5.41, 5.74) is 2.52. The van der Waals surface area contributed by atoms with Crippen LogP contribution in [0.1, 0.15) is 70.9 Å². The van der Waals surface area contributed by atoms with Crippen LogP contribution in [0.5, 0.6) is 17.2 Å². The predicted octanol–water partition coefficient (Wildman–Crippen LogP) is 7.12. The number of carbonyl (C=O) groups is 2. The molecule has 196 valence electrons. The van der Waals surface area contributed by atoms with E-state index in [1.807, 2.05) is 70.2 Å². The van der Waals surface area contributed by atoms with E-state index in [4.69, 9.17) is 14.2 Å². The number of hydrogen-bond donors (Lipinski definition) is 0. The second-order valence-corrected chi connectivity index (χ2v) is 9.25. The molecule has 3 aromatic rings. The summed E-state index contributed by atoms with van der Waals surface area (Å²) >= 11 is 0. The van der Waals surface area contributed by atoms with Crippen molar-refractivity contribution in [2.24, 2.45) is 0 Å². The molecular formula is C31H37NO5. The summed E-state index contributed by atoms with van der Waals surface area (Å²) in [4.78, 5) is 30.3. The van der Waals surface area contributed by atoms with E-state index in [-0.39, 0.29) is 29.9 Å². The summed E-state index contributed by atoms with van der Waals surface area (Å²) in [5, 5.41) is 0.844. The fraction of sp³-hybridized carbons (Fsp3) is 0.387. The Morgan fingerprint density at radius 3 is 2.46 bits per heavy atom. The van der Waals surface area contributed by atoms with E-state index in [1.54, 1.807) is 19.4 Å².